The van der Waals surface area contributed by atoms with Crippen molar-refractivity contribution in [2.24, 2.45) is 0 Å². The Labute approximate surface area is 188 Å². The highest BCUT2D eigenvalue weighted by atomic mass is 16.5. The third-order valence-electron chi connectivity index (χ3n) is 6.24. The molecule has 33 heavy (non-hydrogen) atoms. The van der Waals surface area contributed by atoms with E-state index in [-0.39, 0.29) is 18.1 Å². The van der Waals surface area contributed by atoms with Gasteiger partial charge in [0.1, 0.15) is 11.8 Å². The van der Waals surface area contributed by atoms with E-state index in [4.69, 9.17) is 9.26 Å². The minimum Gasteiger partial charge on any atom is -0.370 e. The molecule has 2 aliphatic rings. The molecule has 0 aliphatic carbocycles. The summed E-state index contributed by atoms with van der Waals surface area (Å²) in [6.45, 7) is 3.54. The first-order valence-corrected chi connectivity index (χ1v) is 10.8. The molecule has 4 aromatic rings. The number of hydrogen-bond donors (Lipinski definition) is 0. The third kappa shape index (κ3) is 3.94. The molecule has 12 nitrogen and oxygen atoms in total. The Morgan fingerprint density at radius 3 is 2.97 bits per heavy atom. The second-order valence-electron chi connectivity index (χ2n) is 8.27. The van der Waals surface area contributed by atoms with E-state index in [9.17, 15) is 4.79 Å². The van der Waals surface area contributed by atoms with Gasteiger partial charge in [-0.15, -0.1) is 10.2 Å². The molecule has 2 saturated heterocycles. The largest absolute Gasteiger partial charge is 0.370 e. The summed E-state index contributed by atoms with van der Waals surface area (Å²) in [5, 5.41) is 18.6. The molecule has 0 N–H and O–H groups in total. The summed E-state index contributed by atoms with van der Waals surface area (Å²) in [6, 6.07) is 9.72. The first kappa shape index (κ1) is 19.9. The maximum Gasteiger partial charge on any atom is 0.227 e. The number of morpholine rings is 1. The van der Waals surface area contributed by atoms with Gasteiger partial charge in [0.25, 0.3) is 0 Å². The van der Waals surface area contributed by atoms with Crippen LogP contribution in [-0.2, 0) is 16.0 Å². The van der Waals surface area contributed by atoms with Gasteiger partial charge in [-0.3, -0.25) is 9.69 Å². The summed E-state index contributed by atoms with van der Waals surface area (Å²) in [5.41, 5.74) is 3.32. The van der Waals surface area contributed by atoms with Crippen LogP contribution in [0.3, 0.4) is 0 Å². The quantitative estimate of drug-likeness (QED) is 0.434. The monoisotopic (exact) mass is 447 g/mol. The zero-order valence-corrected chi connectivity index (χ0v) is 17.7. The first-order valence-electron chi connectivity index (χ1n) is 10.8. The fourth-order valence-electron chi connectivity index (χ4n) is 4.42. The second-order valence-corrected chi connectivity index (χ2v) is 8.27. The molecule has 2 atom stereocenters. The lowest BCUT2D eigenvalue weighted by atomic mass is 10.0. The molecule has 0 saturated carbocycles. The van der Waals surface area contributed by atoms with Crippen LogP contribution in [0.1, 0.15) is 17.2 Å². The van der Waals surface area contributed by atoms with E-state index in [0.29, 0.717) is 37.5 Å². The van der Waals surface area contributed by atoms with Crippen molar-refractivity contribution in [1.82, 2.24) is 45.4 Å². The van der Waals surface area contributed by atoms with E-state index in [0.717, 1.165) is 29.7 Å². The van der Waals surface area contributed by atoms with Crippen LogP contribution < -0.4 is 0 Å². The van der Waals surface area contributed by atoms with Crippen LogP contribution in [0.15, 0.2) is 47.4 Å². The summed E-state index contributed by atoms with van der Waals surface area (Å²) < 4.78 is 12.7. The number of hydrogen-bond acceptors (Lipinski definition) is 10. The average Bonchev–Trinajstić information content (AvgIpc) is 3.56. The second kappa shape index (κ2) is 8.30. The molecule has 5 heterocycles. The number of benzene rings is 1. The molecule has 6 rings (SSSR count). The smallest absolute Gasteiger partial charge is 0.227 e. The fourth-order valence-corrected chi connectivity index (χ4v) is 4.42. The van der Waals surface area contributed by atoms with Crippen molar-refractivity contribution in [1.29, 1.82) is 0 Å². The molecule has 0 bridgehead atoms. The van der Waals surface area contributed by atoms with Crippen molar-refractivity contribution in [3.63, 3.8) is 0 Å². The molecule has 1 amide bonds. The predicted molar refractivity (Wildman–Crippen MR) is 113 cm³/mol. The fraction of sp³-hybridized carbons (Fsp3) is 0.381. The minimum atomic E-state index is -0.0330. The van der Waals surface area contributed by atoms with Crippen molar-refractivity contribution in [3.8, 4) is 5.82 Å². The van der Waals surface area contributed by atoms with Gasteiger partial charge >= 0.3 is 0 Å². The summed E-state index contributed by atoms with van der Waals surface area (Å²) in [6.07, 6.45) is 3.45. The summed E-state index contributed by atoms with van der Waals surface area (Å²) in [4.78, 5) is 21.6. The Kier molecular flexibility index (Phi) is 5.00. The molecule has 1 aromatic carbocycles. The van der Waals surface area contributed by atoms with Crippen LogP contribution in [-0.4, -0.2) is 90.1 Å². The number of pyridine rings is 1. The van der Waals surface area contributed by atoms with Gasteiger partial charge in [0.2, 0.25) is 5.91 Å². The maximum absolute atomic E-state index is 12.9. The molecule has 12 heteroatoms. The zero-order valence-electron chi connectivity index (χ0n) is 17.7. The number of tetrazole rings is 1. The number of carbonyl (C=O) groups is 1. The number of fused-ring (bicyclic) bond motifs is 2. The SMILES string of the molecule is O=C(Cc1ccc(-n2cnnn2)nc1)N1CCN2CC(c3ccc4onnc4c3)OCC2C1. The van der Waals surface area contributed by atoms with Crippen LogP contribution in [0.25, 0.3) is 16.9 Å². The van der Waals surface area contributed by atoms with Gasteiger partial charge in [-0.1, -0.05) is 12.1 Å². The lowest BCUT2D eigenvalue weighted by Gasteiger charge is -2.46. The number of rotatable bonds is 4. The summed E-state index contributed by atoms with van der Waals surface area (Å²) in [5.74, 6) is 0.704. The van der Waals surface area contributed by atoms with Crippen LogP contribution in [0.2, 0.25) is 0 Å². The Hall–Kier alpha value is -3.77. The molecule has 0 spiro atoms. The standard InChI is InChI=1S/C21H21N9O3/c31-21(7-14-1-4-20(22-9-14)30-13-23-25-26-30)29-6-5-28-11-19(32-12-16(28)10-29)15-2-3-18-17(8-15)24-27-33-18/h1-4,8-9,13,16,19H,5-7,10-12H2. The maximum atomic E-state index is 12.9. The zero-order chi connectivity index (χ0) is 22.2. The molecule has 2 fully saturated rings. The van der Waals surface area contributed by atoms with Gasteiger partial charge in [0, 0.05) is 37.6 Å². The van der Waals surface area contributed by atoms with E-state index in [1.165, 1.54) is 11.0 Å². The lowest BCUT2D eigenvalue weighted by molar-refractivity contribution is -0.139. The Balaban J connectivity index is 1.06. The van der Waals surface area contributed by atoms with Crippen molar-refractivity contribution in [2.75, 3.05) is 32.8 Å². The average molecular weight is 447 g/mol. The summed E-state index contributed by atoms with van der Waals surface area (Å²) >= 11 is 0. The Morgan fingerprint density at radius 2 is 2.12 bits per heavy atom. The van der Waals surface area contributed by atoms with E-state index >= 15 is 0 Å². The lowest BCUT2D eigenvalue weighted by Crippen LogP contribution is -2.59. The first-order chi connectivity index (χ1) is 16.2. The van der Waals surface area contributed by atoms with Crippen molar-refractivity contribution in [2.45, 2.75) is 18.6 Å². The van der Waals surface area contributed by atoms with Crippen molar-refractivity contribution >= 4 is 17.0 Å². The van der Waals surface area contributed by atoms with E-state index in [1.807, 2.05) is 29.2 Å². The number of ether oxygens (including phenoxy) is 1. The highest BCUT2D eigenvalue weighted by Gasteiger charge is 2.35. The molecule has 3 aromatic heterocycles. The number of nitrogens with zero attached hydrogens (tertiary/aromatic N) is 9. The van der Waals surface area contributed by atoms with Crippen LogP contribution >= 0.6 is 0 Å². The molecule has 0 radical (unpaired) electrons. The molecular weight excluding hydrogens is 426 g/mol. The number of piperazine rings is 1. The topological polar surface area (TPSA) is 128 Å². The van der Waals surface area contributed by atoms with Gasteiger partial charge in [0.05, 0.1) is 25.2 Å². The van der Waals surface area contributed by atoms with Crippen molar-refractivity contribution in [3.05, 3.63) is 54.0 Å². The van der Waals surface area contributed by atoms with Crippen molar-refractivity contribution < 1.29 is 14.1 Å². The van der Waals surface area contributed by atoms with Gasteiger partial charge < -0.3 is 14.2 Å². The summed E-state index contributed by atoms with van der Waals surface area (Å²) in [7, 11) is 0. The highest BCUT2D eigenvalue weighted by Crippen LogP contribution is 2.28. The van der Waals surface area contributed by atoms with E-state index < -0.39 is 0 Å². The van der Waals surface area contributed by atoms with Gasteiger partial charge in [-0.05, 0) is 39.8 Å². The van der Waals surface area contributed by atoms with E-state index in [2.05, 4.69) is 35.8 Å². The highest BCUT2D eigenvalue weighted by molar-refractivity contribution is 5.79. The normalized spacial score (nSPS) is 21.3. The number of carbonyl (C=O) groups excluding carboxylic acids is 1. The number of amides is 1. The van der Waals surface area contributed by atoms with Crippen LogP contribution in [0.5, 0.6) is 0 Å². The van der Waals surface area contributed by atoms with Crippen LogP contribution in [0.4, 0.5) is 0 Å². The van der Waals surface area contributed by atoms with Gasteiger partial charge in [0.15, 0.2) is 11.4 Å². The van der Waals surface area contributed by atoms with E-state index in [1.54, 1.807) is 12.3 Å². The third-order valence-corrected chi connectivity index (χ3v) is 6.24. The molecule has 168 valence electrons. The molecule has 2 unspecified atom stereocenters. The molecule has 2 aliphatic heterocycles. The van der Waals surface area contributed by atoms with Gasteiger partial charge in [-0.2, -0.15) is 4.68 Å². The molecular formula is C21H21N9O3. The Bertz CT molecular complexity index is 1260. The Morgan fingerprint density at radius 1 is 1.15 bits per heavy atom. The predicted octanol–water partition coefficient (Wildman–Crippen LogP) is 0.420. The van der Waals surface area contributed by atoms with Gasteiger partial charge in [-0.25, -0.2) is 4.98 Å². The minimum absolute atomic E-state index is 0.0330. The van der Waals surface area contributed by atoms with Crippen LogP contribution in [0, 0.1) is 0 Å². The number of aromatic nitrogens is 7.